The molecule has 1 aromatic heterocycles. The average Bonchev–Trinajstić information content (AvgIpc) is 2.59. The lowest BCUT2D eigenvalue weighted by molar-refractivity contribution is 0.104. The first kappa shape index (κ1) is 15.6. The second kappa shape index (κ2) is 7.26. The summed E-state index contributed by atoms with van der Waals surface area (Å²) in [5.41, 5.74) is 1.16. The van der Waals surface area contributed by atoms with Crippen LogP contribution in [0.2, 0.25) is 0 Å². The van der Waals surface area contributed by atoms with E-state index in [0.717, 1.165) is 5.56 Å². The summed E-state index contributed by atoms with van der Waals surface area (Å²) in [5, 5.41) is 0. The van der Waals surface area contributed by atoms with Crippen LogP contribution in [0.3, 0.4) is 0 Å². The molecule has 114 valence electrons. The maximum atomic E-state index is 12.0. The third-order valence-corrected chi connectivity index (χ3v) is 3.03. The van der Waals surface area contributed by atoms with Crippen LogP contribution in [-0.2, 0) is 0 Å². The quantitative estimate of drug-likeness (QED) is 0.606. The Labute approximate surface area is 129 Å². The number of carbonyl (C=O) groups is 1. The molecule has 0 aliphatic carbocycles. The summed E-state index contributed by atoms with van der Waals surface area (Å²) in [6.07, 6.45) is 4.73. The van der Waals surface area contributed by atoms with Crippen LogP contribution in [-0.4, -0.2) is 32.1 Å². The van der Waals surface area contributed by atoms with Crippen molar-refractivity contribution in [3.63, 3.8) is 0 Å². The molecule has 5 nitrogen and oxygen atoms in total. The third kappa shape index (κ3) is 3.44. The Hall–Kier alpha value is -2.82. The van der Waals surface area contributed by atoms with Crippen molar-refractivity contribution in [3.8, 4) is 17.2 Å². The number of carbonyl (C=O) groups excluding carboxylic acids is 1. The molecule has 0 aliphatic rings. The van der Waals surface area contributed by atoms with Gasteiger partial charge in [-0.05, 0) is 35.9 Å². The number of ether oxygens (including phenoxy) is 3. The number of benzene rings is 1. The molecule has 0 aliphatic heterocycles. The number of nitrogens with zero attached hydrogens (tertiary/aromatic N) is 1. The van der Waals surface area contributed by atoms with Crippen LogP contribution in [0.5, 0.6) is 17.2 Å². The fourth-order valence-electron chi connectivity index (χ4n) is 1.96. The van der Waals surface area contributed by atoms with Gasteiger partial charge in [0.05, 0.1) is 21.3 Å². The minimum atomic E-state index is -0.172. The molecule has 0 spiro atoms. The fraction of sp³-hybridized carbons (Fsp3) is 0.176. The smallest absolute Gasteiger partial charge is 0.204 e. The lowest BCUT2D eigenvalue weighted by Gasteiger charge is -2.12. The van der Waals surface area contributed by atoms with E-state index in [4.69, 9.17) is 14.2 Å². The van der Waals surface area contributed by atoms with Crippen LogP contribution in [0.1, 0.15) is 16.1 Å². The molecule has 2 rings (SSSR count). The van der Waals surface area contributed by atoms with Gasteiger partial charge in [-0.3, -0.25) is 9.78 Å². The van der Waals surface area contributed by atoms with Gasteiger partial charge in [-0.25, -0.2) is 0 Å². The van der Waals surface area contributed by atoms with E-state index in [1.807, 2.05) is 0 Å². The number of rotatable bonds is 6. The van der Waals surface area contributed by atoms with Crippen molar-refractivity contribution in [2.45, 2.75) is 0 Å². The number of aromatic nitrogens is 1. The minimum Gasteiger partial charge on any atom is -0.493 e. The van der Waals surface area contributed by atoms with Gasteiger partial charge in [0.15, 0.2) is 11.5 Å². The summed E-state index contributed by atoms with van der Waals surface area (Å²) in [4.78, 5) is 16.0. The van der Waals surface area contributed by atoms with E-state index in [2.05, 4.69) is 4.98 Å². The van der Waals surface area contributed by atoms with Gasteiger partial charge in [0.25, 0.3) is 0 Å². The van der Waals surface area contributed by atoms with E-state index < -0.39 is 0 Å². The molecular formula is C17H17NO4. The summed E-state index contributed by atoms with van der Waals surface area (Å²) in [7, 11) is 4.63. The van der Waals surface area contributed by atoms with Crippen molar-refractivity contribution in [1.29, 1.82) is 0 Å². The van der Waals surface area contributed by atoms with Crippen molar-refractivity contribution < 1.29 is 19.0 Å². The molecule has 0 amide bonds. The number of hydrogen-bond donors (Lipinski definition) is 0. The van der Waals surface area contributed by atoms with Crippen LogP contribution in [0.15, 0.2) is 42.6 Å². The van der Waals surface area contributed by atoms with E-state index in [0.29, 0.717) is 22.9 Å². The molecule has 0 radical (unpaired) electrons. The van der Waals surface area contributed by atoms with Gasteiger partial charge in [-0.2, -0.15) is 0 Å². The Kier molecular flexibility index (Phi) is 5.14. The molecule has 0 bridgehead atoms. The van der Waals surface area contributed by atoms with E-state index in [-0.39, 0.29) is 5.78 Å². The first-order chi connectivity index (χ1) is 10.7. The third-order valence-electron chi connectivity index (χ3n) is 3.03. The highest BCUT2D eigenvalue weighted by atomic mass is 16.5. The Morgan fingerprint density at radius 2 is 1.73 bits per heavy atom. The van der Waals surface area contributed by atoms with Crippen LogP contribution >= 0.6 is 0 Å². The molecule has 0 unspecified atom stereocenters. The van der Waals surface area contributed by atoms with Crippen LogP contribution in [0, 0.1) is 0 Å². The number of methoxy groups -OCH3 is 3. The van der Waals surface area contributed by atoms with E-state index in [1.54, 1.807) is 63.9 Å². The predicted molar refractivity (Wildman–Crippen MR) is 83.7 cm³/mol. The van der Waals surface area contributed by atoms with Crippen LogP contribution < -0.4 is 14.2 Å². The van der Waals surface area contributed by atoms with Crippen LogP contribution in [0.25, 0.3) is 6.08 Å². The van der Waals surface area contributed by atoms with Gasteiger partial charge >= 0.3 is 0 Å². The molecule has 2 aromatic rings. The second-order valence-electron chi connectivity index (χ2n) is 4.37. The van der Waals surface area contributed by atoms with Gasteiger partial charge in [-0.1, -0.05) is 12.1 Å². The molecule has 0 atom stereocenters. The average molecular weight is 299 g/mol. The van der Waals surface area contributed by atoms with Gasteiger partial charge in [0.1, 0.15) is 5.69 Å². The monoisotopic (exact) mass is 299 g/mol. The van der Waals surface area contributed by atoms with Gasteiger partial charge in [-0.15, -0.1) is 0 Å². The first-order valence-corrected chi connectivity index (χ1v) is 6.63. The zero-order valence-corrected chi connectivity index (χ0v) is 12.7. The van der Waals surface area contributed by atoms with Crippen molar-refractivity contribution >= 4 is 11.9 Å². The highest BCUT2D eigenvalue weighted by Crippen LogP contribution is 2.38. The number of pyridine rings is 1. The van der Waals surface area contributed by atoms with Gasteiger partial charge < -0.3 is 14.2 Å². The summed E-state index contributed by atoms with van der Waals surface area (Å²) < 4.78 is 15.8. The Morgan fingerprint density at radius 3 is 2.23 bits per heavy atom. The van der Waals surface area contributed by atoms with E-state index >= 15 is 0 Å². The maximum absolute atomic E-state index is 12.0. The highest BCUT2D eigenvalue weighted by Gasteiger charge is 2.12. The summed E-state index contributed by atoms with van der Waals surface area (Å²) in [5.74, 6) is 1.41. The number of hydrogen-bond acceptors (Lipinski definition) is 5. The molecule has 0 saturated heterocycles. The minimum absolute atomic E-state index is 0.172. The molecule has 22 heavy (non-hydrogen) atoms. The topological polar surface area (TPSA) is 57.7 Å². The van der Waals surface area contributed by atoms with Crippen molar-refractivity contribution in [2.24, 2.45) is 0 Å². The maximum Gasteiger partial charge on any atom is 0.204 e. The molecule has 5 heteroatoms. The summed E-state index contributed by atoms with van der Waals surface area (Å²) >= 11 is 0. The van der Waals surface area contributed by atoms with E-state index in [1.165, 1.54) is 6.08 Å². The SMILES string of the molecule is COc1cc(/C=C/C(=O)c2ccccn2)cc(OC)c1OC. The first-order valence-electron chi connectivity index (χ1n) is 6.63. The molecule has 0 saturated carbocycles. The Bertz CT molecular complexity index is 655. The van der Waals surface area contributed by atoms with Crippen molar-refractivity contribution in [3.05, 3.63) is 53.9 Å². The number of ketones is 1. The Balaban J connectivity index is 2.29. The Morgan fingerprint density at radius 1 is 1.05 bits per heavy atom. The van der Waals surface area contributed by atoms with Crippen LogP contribution in [0.4, 0.5) is 0 Å². The molecule has 0 N–H and O–H groups in total. The molecule has 1 heterocycles. The summed E-state index contributed by atoms with van der Waals surface area (Å²) in [6, 6.07) is 8.74. The van der Waals surface area contributed by atoms with Crippen molar-refractivity contribution in [1.82, 2.24) is 4.98 Å². The van der Waals surface area contributed by atoms with Gasteiger partial charge in [0, 0.05) is 6.20 Å². The number of allylic oxidation sites excluding steroid dienone is 1. The van der Waals surface area contributed by atoms with E-state index in [9.17, 15) is 4.79 Å². The normalized spacial score (nSPS) is 10.5. The molecular weight excluding hydrogens is 282 g/mol. The zero-order chi connectivity index (χ0) is 15.9. The summed E-state index contributed by atoms with van der Waals surface area (Å²) in [6.45, 7) is 0. The molecule has 1 aromatic carbocycles. The van der Waals surface area contributed by atoms with Crippen molar-refractivity contribution in [2.75, 3.05) is 21.3 Å². The fourth-order valence-corrected chi connectivity index (χ4v) is 1.96. The standard InChI is InChI=1S/C17H17NO4/c1-20-15-10-12(11-16(21-2)17(15)22-3)7-8-14(19)13-6-4-5-9-18-13/h4-11H,1-3H3/b8-7+. The molecule has 0 fully saturated rings. The lowest BCUT2D eigenvalue weighted by atomic mass is 10.1. The van der Waals surface area contributed by atoms with Gasteiger partial charge in [0.2, 0.25) is 11.5 Å². The highest BCUT2D eigenvalue weighted by molar-refractivity contribution is 6.05. The lowest BCUT2D eigenvalue weighted by Crippen LogP contribution is -1.97. The predicted octanol–water partition coefficient (Wildman–Crippen LogP) is 3.00. The second-order valence-corrected chi connectivity index (χ2v) is 4.37. The zero-order valence-electron chi connectivity index (χ0n) is 12.7. The largest absolute Gasteiger partial charge is 0.493 e.